The Balaban J connectivity index is 1.79. The van der Waals surface area contributed by atoms with Crippen molar-refractivity contribution in [2.75, 3.05) is 5.32 Å². The average Bonchev–Trinajstić information content (AvgIpc) is 3.06. The van der Waals surface area contributed by atoms with Gasteiger partial charge in [-0.3, -0.25) is 10.1 Å². The van der Waals surface area contributed by atoms with Crippen molar-refractivity contribution < 1.29 is 4.39 Å². The summed E-state index contributed by atoms with van der Waals surface area (Å²) in [6, 6.07) is 17.4. The standard InChI is InChI=1S/C20H18FN5/c1-12-10-19(26-25-12)24-17-11-18(23-16-5-3-2-4-15(16)17)20(22)13-6-8-14(21)9-7-13/h2-11,20H,22H2,1H3,(H2,23,24,25,26)/t20-/m1/s1. The quantitative estimate of drug-likeness (QED) is 0.517. The first-order valence-corrected chi connectivity index (χ1v) is 8.30. The highest BCUT2D eigenvalue weighted by molar-refractivity contribution is 5.93. The summed E-state index contributed by atoms with van der Waals surface area (Å²) in [5, 5.41) is 11.4. The second-order valence-electron chi connectivity index (χ2n) is 6.20. The van der Waals surface area contributed by atoms with Gasteiger partial charge in [-0.15, -0.1) is 0 Å². The van der Waals surface area contributed by atoms with Crippen molar-refractivity contribution in [3.8, 4) is 0 Å². The van der Waals surface area contributed by atoms with Crippen LogP contribution in [0.4, 0.5) is 15.9 Å². The predicted octanol–water partition coefficient (Wildman–Crippen LogP) is 4.20. The van der Waals surface area contributed by atoms with Crippen LogP contribution in [0, 0.1) is 12.7 Å². The molecule has 0 bridgehead atoms. The number of fused-ring (bicyclic) bond motifs is 1. The number of benzene rings is 2. The number of aromatic nitrogens is 3. The van der Waals surface area contributed by atoms with Crippen LogP contribution in [-0.4, -0.2) is 15.2 Å². The topological polar surface area (TPSA) is 79.6 Å². The molecule has 4 N–H and O–H groups in total. The number of H-pyrrole nitrogens is 1. The summed E-state index contributed by atoms with van der Waals surface area (Å²) >= 11 is 0. The van der Waals surface area contributed by atoms with E-state index in [1.165, 1.54) is 12.1 Å². The number of aryl methyl sites for hydroxylation is 1. The maximum atomic E-state index is 13.2. The lowest BCUT2D eigenvalue weighted by Crippen LogP contribution is -2.14. The minimum atomic E-state index is -0.457. The smallest absolute Gasteiger partial charge is 0.152 e. The van der Waals surface area contributed by atoms with Crippen molar-refractivity contribution in [2.24, 2.45) is 5.73 Å². The Bertz CT molecular complexity index is 1060. The van der Waals surface area contributed by atoms with Crippen molar-refractivity contribution in [2.45, 2.75) is 13.0 Å². The van der Waals surface area contributed by atoms with E-state index in [0.29, 0.717) is 5.69 Å². The maximum Gasteiger partial charge on any atom is 0.152 e. The molecule has 0 amide bonds. The summed E-state index contributed by atoms with van der Waals surface area (Å²) in [4.78, 5) is 4.69. The molecule has 4 aromatic rings. The fourth-order valence-electron chi connectivity index (χ4n) is 2.92. The summed E-state index contributed by atoms with van der Waals surface area (Å²) in [5.74, 6) is 0.434. The predicted molar refractivity (Wildman–Crippen MR) is 101 cm³/mol. The zero-order valence-corrected chi connectivity index (χ0v) is 14.2. The molecule has 2 heterocycles. The number of hydrogen-bond donors (Lipinski definition) is 3. The second kappa shape index (κ2) is 6.57. The van der Waals surface area contributed by atoms with Crippen LogP contribution in [0.15, 0.2) is 60.7 Å². The fraction of sp³-hybridized carbons (Fsp3) is 0.100. The van der Waals surface area contributed by atoms with Crippen LogP contribution in [0.25, 0.3) is 10.9 Å². The second-order valence-corrected chi connectivity index (χ2v) is 6.20. The van der Waals surface area contributed by atoms with Gasteiger partial charge in [-0.1, -0.05) is 30.3 Å². The number of para-hydroxylation sites is 1. The molecule has 0 unspecified atom stereocenters. The van der Waals surface area contributed by atoms with Crippen LogP contribution in [0.2, 0.25) is 0 Å². The molecule has 0 aliphatic rings. The number of halogens is 1. The van der Waals surface area contributed by atoms with Gasteiger partial charge in [0.05, 0.1) is 22.9 Å². The molecule has 0 radical (unpaired) electrons. The number of rotatable bonds is 4. The molecule has 0 aliphatic carbocycles. The molecule has 5 nitrogen and oxygen atoms in total. The van der Waals surface area contributed by atoms with Crippen LogP contribution in [0.3, 0.4) is 0 Å². The molecule has 2 aromatic carbocycles. The Morgan fingerprint density at radius 3 is 2.58 bits per heavy atom. The van der Waals surface area contributed by atoms with Crippen molar-refractivity contribution in [3.05, 3.63) is 83.4 Å². The van der Waals surface area contributed by atoms with E-state index in [4.69, 9.17) is 10.7 Å². The highest BCUT2D eigenvalue weighted by Crippen LogP contribution is 2.29. The molecular weight excluding hydrogens is 329 g/mol. The van der Waals surface area contributed by atoms with E-state index in [1.807, 2.05) is 43.3 Å². The minimum Gasteiger partial charge on any atom is -0.338 e. The number of nitrogens with one attached hydrogen (secondary N) is 2. The van der Waals surface area contributed by atoms with Crippen molar-refractivity contribution in [1.82, 2.24) is 15.2 Å². The number of nitrogens with two attached hydrogens (primary N) is 1. The number of anilines is 2. The van der Waals surface area contributed by atoms with E-state index < -0.39 is 6.04 Å². The Hall–Kier alpha value is -3.25. The number of aromatic amines is 1. The van der Waals surface area contributed by atoms with E-state index in [2.05, 4.69) is 15.5 Å². The molecule has 130 valence electrons. The van der Waals surface area contributed by atoms with Gasteiger partial charge in [-0.2, -0.15) is 5.10 Å². The fourth-order valence-corrected chi connectivity index (χ4v) is 2.92. The third-order valence-electron chi connectivity index (χ3n) is 4.25. The first-order chi connectivity index (χ1) is 12.6. The van der Waals surface area contributed by atoms with Crippen LogP contribution in [0.5, 0.6) is 0 Å². The zero-order valence-electron chi connectivity index (χ0n) is 14.2. The van der Waals surface area contributed by atoms with Crippen LogP contribution in [0.1, 0.15) is 23.0 Å². The van der Waals surface area contributed by atoms with Gasteiger partial charge in [-0.05, 0) is 36.8 Å². The Kier molecular flexibility index (Phi) is 4.10. The Labute approximate surface area is 150 Å². The molecule has 0 aliphatic heterocycles. The van der Waals surface area contributed by atoms with Gasteiger partial charge in [0, 0.05) is 17.1 Å². The maximum absolute atomic E-state index is 13.2. The molecule has 26 heavy (non-hydrogen) atoms. The molecular formula is C20H18FN5. The van der Waals surface area contributed by atoms with Crippen molar-refractivity contribution in [1.29, 1.82) is 0 Å². The van der Waals surface area contributed by atoms with Gasteiger partial charge in [-0.25, -0.2) is 4.39 Å². The van der Waals surface area contributed by atoms with E-state index in [0.717, 1.165) is 33.7 Å². The Morgan fingerprint density at radius 1 is 1.08 bits per heavy atom. The van der Waals surface area contributed by atoms with Crippen LogP contribution < -0.4 is 11.1 Å². The number of nitrogens with zero attached hydrogens (tertiary/aromatic N) is 2. The lowest BCUT2D eigenvalue weighted by molar-refractivity contribution is 0.626. The molecule has 0 spiro atoms. The van der Waals surface area contributed by atoms with Crippen LogP contribution in [-0.2, 0) is 0 Å². The van der Waals surface area contributed by atoms with Gasteiger partial charge in [0.1, 0.15) is 5.82 Å². The molecule has 2 aromatic heterocycles. The van der Waals surface area contributed by atoms with E-state index in [-0.39, 0.29) is 5.82 Å². The minimum absolute atomic E-state index is 0.288. The molecule has 0 fully saturated rings. The SMILES string of the molecule is Cc1cc(Nc2cc([C@H](N)c3ccc(F)cc3)nc3ccccc23)n[nH]1. The van der Waals surface area contributed by atoms with Crippen LogP contribution >= 0.6 is 0 Å². The lowest BCUT2D eigenvalue weighted by atomic mass is 10.0. The zero-order chi connectivity index (χ0) is 18.1. The molecule has 4 rings (SSSR count). The summed E-state index contributed by atoms with van der Waals surface area (Å²) in [7, 11) is 0. The largest absolute Gasteiger partial charge is 0.338 e. The molecule has 1 atom stereocenters. The highest BCUT2D eigenvalue weighted by Gasteiger charge is 2.14. The van der Waals surface area contributed by atoms with E-state index >= 15 is 0 Å². The van der Waals surface area contributed by atoms with Gasteiger partial charge < -0.3 is 11.1 Å². The third-order valence-corrected chi connectivity index (χ3v) is 4.25. The molecule has 0 saturated heterocycles. The summed E-state index contributed by atoms with van der Waals surface area (Å²) in [6.07, 6.45) is 0. The van der Waals surface area contributed by atoms with Gasteiger partial charge in [0.2, 0.25) is 0 Å². The van der Waals surface area contributed by atoms with Gasteiger partial charge >= 0.3 is 0 Å². The molecule has 0 saturated carbocycles. The summed E-state index contributed by atoms with van der Waals surface area (Å²) < 4.78 is 13.2. The van der Waals surface area contributed by atoms with Crippen molar-refractivity contribution in [3.63, 3.8) is 0 Å². The monoisotopic (exact) mass is 347 g/mol. The highest BCUT2D eigenvalue weighted by atomic mass is 19.1. The third kappa shape index (κ3) is 3.14. The van der Waals surface area contributed by atoms with E-state index in [9.17, 15) is 4.39 Å². The number of pyridine rings is 1. The van der Waals surface area contributed by atoms with E-state index in [1.54, 1.807) is 12.1 Å². The van der Waals surface area contributed by atoms with Gasteiger partial charge in [0.25, 0.3) is 0 Å². The summed E-state index contributed by atoms with van der Waals surface area (Å²) in [6.45, 7) is 1.94. The normalized spacial score (nSPS) is 12.3. The first-order valence-electron chi connectivity index (χ1n) is 8.30. The summed E-state index contributed by atoms with van der Waals surface area (Å²) in [5.41, 5.74) is 10.6. The molecule has 6 heteroatoms. The van der Waals surface area contributed by atoms with Gasteiger partial charge in [0.15, 0.2) is 5.82 Å². The first kappa shape index (κ1) is 16.2. The van der Waals surface area contributed by atoms with Crippen molar-refractivity contribution >= 4 is 22.4 Å². The number of hydrogen-bond acceptors (Lipinski definition) is 4. The lowest BCUT2D eigenvalue weighted by Gasteiger charge is -2.15. The Morgan fingerprint density at radius 2 is 1.85 bits per heavy atom. The average molecular weight is 347 g/mol.